The van der Waals surface area contributed by atoms with Crippen LogP contribution in [0.3, 0.4) is 0 Å². The second-order valence-electron chi connectivity index (χ2n) is 7.13. The van der Waals surface area contributed by atoms with Crippen LogP contribution >= 0.6 is 0 Å². The third kappa shape index (κ3) is 6.92. The molecule has 0 spiro atoms. The van der Waals surface area contributed by atoms with Gasteiger partial charge in [0.1, 0.15) is 18.9 Å². The van der Waals surface area contributed by atoms with Gasteiger partial charge in [-0.15, -0.1) is 0 Å². The second-order valence-corrected chi connectivity index (χ2v) is 7.13. The maximum atomic E-state index is 12.0. The highest BCUT2D eigenvalue weighted by molar-refractivity contribution is 5.93. The molecule has 1 N–H and O–H groups in total. The van der Waals surface area contributed by atoms with E-state index in [0.29, 0.717) is 31.0 Å². The number of anilines is 1. The minimum Gasteiger partial charge on any atom is -0.489 e. The van der Waals surface area contributed by atoms with Crippen molar-refractivity contribution in [1.82, 2.24) is 4.90 Å². The minimum atomic E-state index is -0.579. The van der Waals surface area contributed by atoms with E-state index < -0.39 is 18.5 Å². The van der Waals surface area contributed by atoms with Gasteiger partial charge in [0, 0.05) is 18.7 Å². The Kier molecular flexibility index (Phi) is 7.83. The minimum absolute atomic E-state index is 0.0384. The van der Waals surface area contributed by atoms with E-state index in [1.165, 1.54) is 4.90 Å². The van der Waals surface area contributed by atoms with Gasteiger partial charge in [-0.25, -0.2) is 0 Å². The monoisotopic (exact) mass is 410 g/mol. The van der Waals surface area contributed by atoms with Crippen LogP contribution in [0.2, 0.25) is 0 Å². The number of hydrogen-bond acceptors (Lipinski definition) is 5. The van der Waals surface area contributed by atoms with Crippen LogP contribution in [0.25, 0.3) is 0 Å². The predicted octanol–water partition coefficient (Wildman–Crippen LogP) is 3.15. The third-order valence-corrected chi connectivity index (χ3v) is 4.74. The first-order valence-electron chi connectivity index (χ1n) is 10.1. The number of carbonyl (C=O) groups is 3. The molecule has 0 bridgehead atoms. The van der Waals surface area contributed by atoms with Crippen molar-refractivity contribution in [1.29, 1.82) is 0 Å². The third-order valence-electron chi connectivity index (χ3n) is 4.74. The van der Waals surface area contributed by atoms with Gasteiger partial charge in [0.05, 0.1) is 0 Å². The molecule has 3 rings (SSSR count). The van der Waals surface area contributed by atoms with Crippen LogP contribution in [0.4, 0.5) is 5.69 Å². The second kappa shape index (κ2) is 11.0. The maximum absolute atomic E-state index is 12.0. The number of hydrogen-bond donors (Lipinski definition) is 1. The van der Waals surface area contributed by atoms with Gasteiger partial charge in [-0.05, 0) is 42.7 Å². The molecule has 1 saturated heterocycles. The molecule has 2 aromatic rings. The molecule has 1 fully saturated rings. The molecule has 7 nitrogen and oxygen atoms in total. The zero-order valence-corrected chi connectivity index (χ0v) is 16.8. The Bertz CT molecular complexity index is 852. The summed E-state index contributed by atoms with van der Waals surface area (Å²) in [5.41, 5.74) is 1.64. The zero-order chi connectivity index (χ0) is 21.2. The van der Waals surface area contributed by atoms with E-state index in [2.05, 4.69) is 5.32 Å². The first kappa shape index (κ1) is 21.4. The molecular formula is C23H26N2O5. The van der Waals surface area contributed by atoms with E-state index in [-0.39, 0.29) is 12.5 Å². The Morgan fingerprint density at radius 1 is 0.967 bits per heavy atom. The van der Waals surface area contributed by atoms with Gasteiger partial charge in [-0.3, -0.25) is 14.4 Å². The summed E-state index contributed by atoms with van der Waals surface area (Å²) < 4.78 is 10.7. The van der Waals surface area contributed by atoms with Gasteiger partial charge in [0.15, 0.2) is 6.61 Å². The van der Waals surface area contributed by atoms with E-state index >= 15 is 0 Å². The van der Waals surface area contributed by atoms with Crippen LogP contribution in [0, 0.1) is 0 Å². The number of nitrogens with one attached hydrogen (secondary N) is 1. The number of rotatable bonds is 8. The lowest BCUT2D eigenvalue weighted by atomic mass is 10.2. The summed E-state index contributed by atoms with van der Waals surface area (Å²) >= 11 is 0. The fourth-order valence-corrected chi connectivity index (χ4v) is 3.13. The van der Waals surface area contributed by atoms with E-state index in [1.807, 2.05) is 30.3 Å². The molecule has 0 unspecified atom stereocenters. The van der Waals surface area contributed by atoms with Crippen molar-refractivity contribution in [2.24, 2.45) is 0 Å². The average molecular weight is 410 g/mol. The summed E-state index contributed by atoms with van der Waals surface area (Å²) in [5, 5.41) is 2.67. The summed E-state index contributed by atoms with van der Waals surface area (Å²) in [6.07, 6.45) is 3.17. The highest BCUT2D eigenvalue weighted by Gasteiger charge is 2.20. The van der Waals surface area contributed by atoms with Crippen molar-refractivity contribution in [3.8, 4) is 5.75 Å². The van der Waals surface area contributed by atoms with Gasteiger partial charge in [0.25, 0.3) is 5.91 Å². The molecule has 0 saturated carbocycles. The topological polar surface area (TPSA) is 84.9 Å². The van der Waals surface area contributed by atoms with Crippen LogP contribution in [0.15, 0.2) is 54.6 Å². The van der Waals surface area contributed by atoms with Crippen LogP contribution in [-0.4, -0.2) is 42.4 Å². The van der Waals surface area contributed by atoms with Gasteiger partial charge in [-0.2, -0.15) is 0 Å². The molecular weight excluding hydrogens is 384 g/mol. The number of nitrogens with zero attached hydrogens (tertiary/aromatic N) is 1. The number of carbonyl (C=O) groups excluding carboxylic acids is 3. The van der Waals surface area contributed by atoms with Gasteiger partial charge < -0.3 is 19.7 Å². The highest BCUT2D eigenvalue weighted by atomic mass is 16.5. The van der Waals surface area contributed by atoms with Crippen molar-refractivity contribution in [2.75, 3.05) is 25.0 Å². The number of benzene rings is 2. The molecule has 1 heterocycles. The molecule has 30 heavy (non-hydrogen) atoms. The lowest BCUT2D eigenvalue weighted by molar-refractivity contribution is -0.151. The lowest BCUT2D eigenvalue weighted by Gasteiger charge is -2.19. The number of amides is 2. The van der Waals surface area contributed by atoms with Crippen LogP contribution in [0.5, 0.6) is 5.75 Å². The SMILES string of the molecule is O=C(COC(=O)CN1CCCCCC1=O)Nc1ccc(OCc2ccccc2)cc1. The van der Waals surface area contributed by atoms with Crippen molar-refractivity contribution < 1.29 is 23.9 Å². The Morgan fingerprint density at radius 2 is 1.73 bits per heavy atom. The van der Waals surface area contributed by atoms with E-state index in [4.69, 9.17) is 9.47 Å². The van der Waals surface area contributed by atoms with Crippen LogP contribution < -0.4 is 10.1 Å². The highest BCUT2D eigenvalue weighted by Crippen LogP contribution is 2.17. The Hall–Kier alpha value is -3.35. The standard InChI is InChI=1S/C23H26N2O5/c26-21(17-30-23(28)15-25-14-6-2-5-9-22(25)27)24-19-10-12-20(13-11-19)29-16-18-7-3-1-4-8-18/h1,3-4,7-8,10-13H,2,5-6,9,14-17H2,(H,24,26). The molecule has 0 radical (unpaired) electrons. The van der Waals surface area contributed by atoms with Gasteiger partial charge in [0.2, 0.25) is 5.91 Å². The molecule has 1 aliphatic heterocycles. The fourth-order valence-electron chi connectivity index (χ4n) is 3.13. The smallest absolute Gasteiger partial charge is 0.326 e. The van der Waals surface area contributed by atoms with E-state index in [9.17, 15) is 14.4 Å². The molecule has 0 atom stereocenters. The Balaban J connectivity index is 1.39. The largest absolute Gasteiger partial charge is 0.489 e. The summed E-state index contributed by atoms with van der Waals surface area (Å²) in [4.78, 5) is 37.4. The fraction of sp³-hybridized carbons (Fsp3) is 0.348. The van der Waals surface area contributed by atoms with Crippen molar-refractivity contribution in [3.05, 3.63) is 60.2 Å². The molecule has 0 aromatic heterocycles. The molecule has 2 amide bonds. The lowest BCUT2D eigenvalue weighted by Crippen LogP contribution is -2.36. The normalized spacial score (nSPS) is 14.0. The predicted molar refractivity (Wildman–Crippen MR) is 112 cm³/mol. The molecule has 7 heteroatoms. The summed E-state index contributed by atoms with van der Waals surface area (Å²) in [6, 6.07) is 16.8. The van der Waals surface area contributed by atoms with E-state index in [0.717, 1.165) is 24.8 Å². The summed E-state index contributed by atoms with van der Waals surface area (Å²) in [7, 11) is 0. The number of esters is 1. The molecule has 1 aliphatic rings. The van der Waals surface area contributed by atoms with Gasteiger partial charge in [-0.1, -0.05) is 36.8 Å². The quantitative estimate of drug-likeness (QED) is 0.676. The van der Waals surface area contributed by atoms with Crippen LogP contribution in [-0.2, 0) is 25.7 Å². The van der Waals surface area contributed by atoms with Crippen molar-refractivity contribution in [2.45, 2.75) is 32.3 Å². The Morgan fingerprint density at radius 3 is 2.50 bits per heavy atom. The molecule has 0 aliphatic carbocycles. The van der Waals surface area contributed by atoms with Gasteiger partial charge >= 0.3 is 5.97 Å². The average Bonchev–Trinajstić information content (AvgIpc) is 2.96. The molecule has 158 valence electrons. The zero-order valence-electron chi connectivity index (χ0n) is 16.8. The maximum Gasteiger partial charge on any atom is 0.326 e. The van der Waals surface area contributed by atoms with Crippen molar-refractivity contribution >= 4 is 23.5 Å². The first-order chi connectivity index (χ1) is 14.6. The number of ether oxygens (including phenoxy) is 2. The van der Waals surface area contributed by atoms with Crippen molar-refractivity contribution in [3.63, 3.8) is 0 Å². The summed E-state index contributed by atoms with van der Waals surface area (Å²) in [6.45, 7) is 0.507. The van der Waals surface area contributed by atoms with E-state index in [1.54, 1.807) is 24.3 Å². The Labute approximate surface area is 176 Å². The molecule has 2 aromatic carbocycles. The number of likely N-dealkylation sites (tertiary alicyclic amines) is 1. The first-order valence-corrected chi connectivity index (χ1v) is 10.1. The van der Waals surface area contributed by atoms with Crippen LogP contribution in [0.1, 0.15) is 31.2 Å². The summed E-state index contributed by atoms with van der Waals surface area (Å²) in [5.74, 6) is -0.373.